The van der Waals surface area contributed by atoms with Crippen LogP contribution in [0.5, 0.6) is 0 Å². The van der Waals surface area contributed by atoms with E-state index < -0.39 is 5.91 Å². The molecule has 0 aromatic carbocycles. The molecule has 0 fully saturated rings. The highest BCUT2D eigenvalue weighted by Gasteiger charge is 2.03. The Morgan fingerprint density at radius 2 is 2.23 bits per heavy atom. The van der Waals surface area contributed by atoms with Crippen LogP contribution in [0.15, 0.2) is 18.2 Å². The van der Waals surface area contributed by atoms with Gasteiger partial charge < -0.3 is 10.6 Å². The Morgan fingerprint density at radius 1 is 1.54 bits per heavy atom. The van der Waals surface area contributed by atoms with Crippen LogP contribution >= 0.6 is 0 Å². The summed E-state index contributed by atoms with van der Waals surface area (Å²) in [6, 6.07) is 5.26. The zero-order valence-electron chi connectivity index (χ0n) is 7.82. The Bertz CT molecular complexity index is 309. The summed E-state index contributed by atoms with van der Waals surface area (Å²) in [4.78, 5) is 16.9. The standard InChI is InChI=1S/C9H13N3O/c1-12(2)6-7-4-3-5-8(11-7)9(10)13/h3-5H,6H2,1-2H3,(H2,10,13). The summed E-state index contributed by atoms with van der Waals surface area (Å²) in [6.07, 6.45) is 0. The lowest BCUT2D eigenvalue weighted by atomic mass is 10.3. The van der Waals surface area contributed by atoms with E-state index in [0.29, 0.717) is 12.2 Å². The van der Waals surface area contributed by atoms with E-state index in [1.54, 1.807) is 12.1 Å². The quantitative estimate of drug-likeness (QED) is 0.723. The number of carbonyl (C=O) groups is 1. The molecule has 4 nitrogen and oxygen atoms in total. The molecule has 1 amide bonds. The first kappa shape index (κ1) is 9.67. The Balaban J connectivity index is 2.85. The van der Waals surface area contributed by atoms with Gasteiger partial charge in [-0.05, 0) is 26.2 Å². The summed E-state index contributed by atoms with van der Waals surface area (Å²) in [6.45, 7) is 0.709. The van der Waals surface area contributed by atoms with E-state index in [0.717, 1.165) is 5.69 Å². The highest BCUT2D eigenvalue weighted by Crippen LogP contribution is 2.00. The SMILES string of the molecule is CN(C)Cc1cccc(C(N)=O)n1. The predicted octanol–water partition coefficient (Wildman–Crippen LogP) is 0.242. The van der Waals surface area contributed by atoms with E-state index in [1.807, 2.05) is 25.1 Å². The molecule has 1 heterocycles. The summed E-state index contributed by atoms with van der Waals surface area (Å²) < 4.78 is 0. The zero-order valence-corrected chi connectivity index (χ0v) is 7.82. The highest BCUT2D eigenvalue weighted by molar-refractivity contribution is 5.90. The van der Waals surface area contributed by atoms with Gasteiger partial charge in [-0.25, -0.2) is 4.98 Å². The molecule has 0 aliphatic rings. The van der Waals surface area contributed by atoms with E-state index in [4.69, 9.17) is 5.73 Å². The van der Waals surface area contributed by atoms with Crippen molar-refractivity contribution in [3.63, 3.8) is 0 Å². The molecule has 0 aliphatic heterocycles. The van der Waals surface area contributed by atoms with Crippen molar-refractivity contribution in [1.29, 1.82) is 0 Å². The third-order valence-corrected chi connectivity index (χ3v) is 1.54. The minimum absolute atomic E-state index is 0.319. The molecule has 0 unspecified atom stereocenters. The molecule has 70 valence electrons. The van der Waals surface area contributed by atoms with Gasteiger partial charge >= 0.3 is 0 Å². The molecule has 1 aromatic rings. The Labute approximate surface area is 77.4 Å². The Hall–Kier alpha value is -1.42. The average molecular weight is 179 g/mol. The van der Waals surface area contributed by atoms with E-state index in [1.165, 1.54) is 0 Å². The molecular formula is C9H13N3O. The lowest BCUT2D eigenvalue weighted by Gasteiger charge is -2.08. The smallest absolute Gasteiger partial charge is 0.267 e. The predicted molar refractivity (Wildman–Crippen MR) is 50.1 cm³/mol. The average Bonchev–Trinajstić information content (AvgIpc) is 2.03. The largest absolute Gasteiger partial charge is 0.364 e. The summed E-state index contributed by atoms with van der Waals surface area (Å²) in [5, 5.41) is 0. The lowest BCUT2D eigenvalue weighted by molar-refractivity contribution is 0.0995. The van der Waals surface area contributed by atoms with Crippen LogP contribution in [0, 0.1) is 0 Å². The van der Waals surface area contributed by atoms with Crippen molar-refractivity contribution in [3.8, 4) is 0 Å². The van der Waals surface area contributed by atoms with Crippen LogP contribution in [-0.4, -0.2) is 29.9 Å². The van der Waals surface area contributed by atoms with Crippen molar-refractivity contribution in [2.24, 2.45) is 5.73 Å². The summed E-state index contributed by atoms with van der Waals surface area (Å²) in [5.74, 6) is -0.486. The second-order valence-corrected chi connectivity index (χ2v) is 3.12. The monoisotopic (exact) mass is 179 g/mol. The van der Waals surface area contributed by atoms with Crippen LogP contribution in [0.25, 0.3) is 0 Å². The lowest BCUT2D eigenvalue weighted by Crippen LogP contribution is -2.16. The maximum absolute atomic E-state index is 10.8. The zero-order chi connectivity index (χ0) is 9.84. The molecule has 0 spiro atoms. The van der Waals surface area contributed by atoms with Gasteiger partial charge in [-0.1, -0.05) is 6.07 Å². The molecule has 0 radical (unpaired) electrons. The maximum atomic E-state index is 10.8. The van der Waals surface area contributed by atoms with Gasteiger partial charge in [0, 0.05) is 6.54 Å². The van der Waals surface area contributed by atoms with Crippen molar-refractivity contribution in [2.75, 3.05) is 14.1 Å². The third kappa shape index (κ3) is 2.83. The number of hydrogen-bond donors (Lipinski definition) is 1. The number of nitrogens with zero attached hydrogens (tertiary/aromatic N) is 2. The number of hydrogen-bond acceptors (Lipinski definition) is 3. The van der Waals surface area contributed by atoms with Crippen LogP contribution in [0.4, 0.5) is 0 Å². The van der Waals surface area contributed by atoms with Gasteiger partial charge in [0.25, 0.3) is 5.91 Å². The molecule has 1 aromatic heterocycles. The van der Waals surface area contributed by atoms with E-state index in [2.05, 4.69) is 4.98 Å². The molecule has 0 saturated heterocycles. The fourth-order valence-electron chi connectivity index (χ4n) is 1.03. The van der Waals surface area contributed by atoms with Crippen LogP contribution in [-0.2, 0) is 6.54 Å². The minimum atomic E-state index is -0.486. The minimum Gasteiger partial charge on any atom is -0.364 e. The normalized spacial score (nSPS) is 10.4. The van der Waals surface area contributed by atoms with Gasteiger partial charge in [-0.15, -0.1) is 0 Å². The number of primary amides is 1. The highest BCUT2D eigenvalue weighted by atomic mass is 16.1. The number of pyridine rings is 1. The van der Waals surface area contributed by atoms with Gasteiger partial charge in [0.05, 0.1) is 5.69 Å². The first-order valence-corrected chi connectivity index (χ1v) is 4.00. The molecule has 2 N–H and O–H groups in total. The summed E-state index contributed by atoms with van der Waals surface area (Å²) >= 11 is 0. The fourth-order valence-corrected chi connectivity index (χ4v) is 1.03. The van der Waals surface area contributed by atoms with Crippen molar-refractivity contribution in [3.05, 3.63) is 29.6 Å². The molecule has 1 rings (SSSR count). The van der Waals surface area contributed by atoms with Crippen molar-refractivity contribution >= 4 is 5.91 Å². The number of nitrogens with two attached hydrogens (primary N) is 1. The van der Waals surface area contributed by atoms with Gasteiger partial charge in [-0.3, -0.25) is 4.79 Å². The van der Waals surface area contributed by atoms with Crippen molar-refractivity contribution in [2.45, 2.75) is 6.54 Å². The topological polar surface area (TPSA) is 59.2 Å². The van der Waals surface area contributed by atoms with Crippen LogP contribution < -0.4 is 5.73 Å². The van der Waals surface area contributed by atoms with Crippen LogP contribution in [0.3, 0.4) is 0 Å². The Kier molecular flexibility index (Phi) is 2.97. The third-order valence-electron chi connectivity index (χ3n) is 1.54. The van der Waals surface area contributed by atoms with Crippen molar-refractivity contribution in [1.82, 2.24) is 9.88 Å². The number of aromatic nitrogens is 1. The molecule has 13 heavy (non-hydrogen) atoms. The van der Waals surface area contributed by atoms with Crippen LogP contribution in [0.1, 0.15) is 16.2 Å². The number of rotatable bonds is 3. The van der Waals surface area contributed by atoms with E-state index in [-0.39, 0.29) is 0 Å². The van der Waals surface area contributed by atoms with E-state index >= 15 is 0 Å². The van der Waals surface area contributed by atoms with Gasteiger partial charge in [0.15, 0.2) is 0 Å². The van der Waals surface area contributed by atoms with Crippen molar-refractivity contribution < 1.29 is 4.79 Å². The molecule has 0 aliphatic carbocycles. The molecule has 0 saturated carbocycles. The fraction of sp³-hybridized carbons (Fsp3) is 0.333. The molecule has 0 bridgehead atoms. The van der Waals surface area contributed by atoms with Gasteiger partial charge in [0.2, 0.25) is 0 Å². The molecule has 0 atom stereocenters. The first-order chi connectivity index (χ1) is 6.09. The summed E-state index contributed by atoms with van der Waals surface area (Å²) in [5.41, 5.74) is 6.27. The maximum Gasteiger partial charge on any atom is 0.267 e. The molecular weight excluding hydrogens is 166 g/mol. The Morgan fingerprint density at radius 3 is 2.77 bits per heavy atom. The summed E-state index contributed by atoms with van der Waals surface area (Å²) in [7, 11) is 3.89. The second kappa shape index (κ2) is 4.00. The second-order valence-electron chi connectivity index (χ2n) is 3.12. The van der Waals surface area contributed by atoms with E-state index in [9.17, 15) is 4.79 Å². The van der Waals surface area contributed by atoms with Crippen LogP contribution in [0.2, 0.25) is 0 Å². The number of carbonyl (C=O) groups excluding carboxylic acids is 1. The number of amides is 1. The van der Waals surface area contributed by atoms with Gasteiger partial charge in [-0.2, -0.15) is 0 Å². The van der Waals surface area contributed by atoms with Gasteiger partial charge in [0.1, 0.15) is 5.69 Å². The molecule has 4 heteroatoms. The first-order valence-electron chi connectivity index (χ1n) is 4.00.